The van der Waals surface area contributed by atoms with E-state index in [-0.39, 0.29) is 11.7 Å². The van der Waals surface area contributed by atoms with Crippen molar-refractivity contribution in [1.82, 2.24) is 15.1 Å². The van der Waals surface area contributed by atoms with Gasteiger partial charge >= 0.3 is 0 Å². The summed E-state index contributed by atoms with van der Waals surface area (Å²) in [6.07, 6.45) is 0.400. The maximum Gasteiger partial charge on any atom is 0.223 e. The standard InChI is InChI=1S/C18H28FN5O/c1-4-20-18(21-10-9-17(25)22(2)3)24-13-11-23(12-14-24)16-8-6-5-7-15(16)19/h5-8H,4,9-14H2,1-3H3,(H,20,21). The van der Waals surface area contributed by atoms with Crippen LogP contribution in [0.1, 0.15) is 13.3 Å². The summed E-state index contributed by atoms with van der Waals surface area (Å²) in [4.78, 5) is 22.0. The highest BCUT2D eigenvalue weighted by Gasteiger charge is 2.21. The first-order valence-corrected chi connectivity index (χ1v) is 8.75. The number of amides is 1. The van der Waals surface area contributed by atoms with Crippen molar-refractivity contribution in [3.05, 3.63) is 30.1 Å². The maximum absolute atomic E-state index is 13.9. The number of anilines is 1. The second kappa shape index (κ2) is 9.25. The number of guanidine groups is 1. The highest BCUT2D eigenvalue weighted by atomic mass is 19.1. The third kappa shape index (κ3) is 5.34. The summed E-state index contributed by atoms with van der Waals surface area (Å²) in [6.45, 7) is 6.27. The SMILES string of the molecule is CCNC(=NCCC(=O)N(C)C)N1CCN(c2ccccc2F)CC1. The Labute approximate surface area is 149 Å². The molecule has 2 rings (SSSR count). The molecule has 0 bridgehead atoms. The second-order valence-corrected chi connectivity index (χ2v) is 6.20. The van der Waals surface area contributed by atoms with Crippen LogP contribution in [0.4, 0.5) is 10.1 Å². The van der Waals surface area contributed by atoms with Gasteiger partial charge in [-0.3, -0.25) is 9.79 Å². The molecule has 1 amide bonds. The van der Waals surface area contributed by atoms with Gasteiger partial charge in [0.05, 0.1) is 12.2 Å². The van der Waals surface area contributed by atoms with Crippen LogP contribution < -0.4 is 10.2 Å². The fraction of sp³-hybridized carbons (Fsp3) is 0.556. The number of carbonyl (C=O) groups excluding carboxylic acids is 1. The Bertz CT molecular complexity index is 597. The molecule has 1 N–H and O–H groups in total. The van der Waals surface area contributed by atoms with Crippen molar-refractivity contribution in [2.45, 2.75) is 13.3 Å². The third-order valence-corrected chi connectivity index (χ3v) is 4.19. The van der Waals surface area contributed by atoms with E-state index in [1.807, 2.05) is 19.1 Å². The molecule has 0 unspecified atom stereocenters. The number of benzene rings is 1. The molecule has 1 aromatic rings. The van der Waals surface area contributed by atoms with Crippen molar-refractivity contribution in [2.75, 3.05) is 58.3 Å². The molecule has 6 nitrogen and oxygen atoms in total. The number of carbonyl (C=O) groups is 1. The number of aliphatic imine (C=N–C) groups is 1. The van der Waals surface area contributed by atoms with E-state index >= 15 is 0 Å². The van der Waals surface area contributed by atoms with Crippen molar-refractivity contribution in [1.29, 1.82) is 0 Å². The van der Waals surface area contributed by atoms with Gasteiger partial charge in [0.25, 0.3) is 0 Å². The molecular formula is C18H28FN5O. The van der Waals surface area contributed by atoms with Crippen molar-refractivity contribution in [2.24, 2.45) is 4.99 Å². The number of hydrogen-bond donors (Lipinski definition) is 1. The average Bonchev–Trinajstić information content (AvgIpc) is 2.61. The first kappa shape index (κ1) is 19.0. The second-order valence-electron chi connectivity index (χ2n) is 6.20. The van der Waals surface area contributed by atoms with E-state index < -0.39 is 0 Å². The van der Waals surface area contributed by atoms with E-state index in [4.69, 9.17) is 0 Å². The number of nitrogens with zero attached hydrogens (tertiary/aromatic N) is 4. The van der Waals surface area contributed by atoms with Crippen LogP contribution in [0.5, 0.6) is 0 Å². The van der Waals surface area contributed by atoms with Gasteiger partial charge in [0.2, 0.25) is 5.91 Å². The molecular weight excluding hydrogens is 321 g/mol. The smallest absolute Gasteiger partial charge is 0.223 e. The molecule has 7 heteroatoms. The lowest BCUT2D eigenvalue weighted by molar-refractivity contribution is -0.128. The molecule has 1 aromatic carbocycles. The molecule has 1 fully saturated rings. The lowest BCUT2D eigenvalue weighted by Crippen LogP contribution is -2.52. The Morgan fingerprint density at radius 1 is 1.24 bits per heavy atom. The first-order chi connectivity index (χ1) is 12.0. The molecule has 0 saturated carbocycles. The van der Waals surface area contributed by atoms with Gasteiger partial charge in [-0.05, 0) is 19.1 Å². The van der Waals surface area contributed by atoms with Gasteiger partial charge < -0.3 is 20.0 Å². The molecule has 0 radical (unpaired) electrons. The highest BCUT2D eigenvalue weighted by Crippen LogP contribution is 2.20. The predicted octanol–water partition coefficient (Wildman–Crippen LogP) is 1.39. The van der Waals surface area contributed by atoms with Crippen LogP contribution in [0, 0.1) is 5.82 Å². The number of nitrogens with one attached hydrogen (secondary N) is 1. The average molecular weight is 349 g/mol. The van der Waals surface area contributed by atoms with Gasteiger partial charge in [-0.2, -0.15) is 0 Å². The Morgan fingerprint density at radius 2 is 1.92 bits per heavy atom. The van der Waals surface area contributed by atoms with Crippen LogP contribution in [0.3, 0.4) is 0 Å². The Balaban J connectivity index is 1.93. The Morgan fingerprint density at radius 3 is 2.52 bits per heavy atom. The molecule has 1 saturated heterocycles. The third-order valence-electron chi connectivity index (χ3n) is 4.19. The molecule has 1 heterocycles. The van der Waals surface area contributed by atoms with Crippen molar-refractivity contribution in [3.8, 4) is 0 Å². The topological polar surface area (TPSA) is 51.2 Å². The normalized spacial score (nSPS) is 15.3. The van der Waals surface area contributed by atoms with Crippen LogP contribution >= 0.6 is 0 Å². The number of hydrogen-bond acceptors (Lipinski definition) is 3. The number of rotatable bonds is 5. The van der Waals surface area contributed by atoms with E-state index in [9.17, 15) is 9.18 Å². The lowest BCUT2D eigenvalue weighted by atomic mass is 10.2. The van der Waals surface area contributed by atoms with Crippen molar-refractivity contribution < 1.29 is 9.18 Å². The first-order valence-electron chi connectivity index (χ1n) is 8.75. The fourth-order valence-electron chi connectivity index (χ4n) is 2.77. The lowest BCUT2D eigenvalue weighted by Gasteiger charge is -2.37. The summed E-state index contributed by atoms with van der Waals surface area (Å²) >= 11 is 0. The van der Waals surface area contributed by atoms with Crippen molar-refractivity contribution in [3.63, 3.8) is 0 Å². The van der Waals surface area contributed by atoms with Crippen LogP contribution in [-0.2, 0) is 4.79 Å². The van der Waals surface area contributed by atoms with E-state index in [0.29, 0.717) is 18.7 Å². The van der Waals surface area contributed by atoms with Gasteiger partial charge in [0, 0.05) is 53.2 Å². The molecule has 138 valence electrons. The fourth-order valence-corrected chi connectivity index (χ4v) is 2.77. The van der Waals surface area contributed by atoms with Crippen LogP contribution in [0.15, 0.2) is 29.3 Å². The largest absolute Gasteiger partial charge is 0.366 e. The zero-order chi connectivity index (χ0) is 18.2. The predicted molar refractivity (Wildman–Crippen MR) is 99.5 cm³/mol. The molecule has 0 aliphatic carbocycles. The van der Waals surface area contributed by atoms with Crippen LogP contribution in [0.25, 0.3) is 0 Å². The number of piperazine rings is 1. The summed E-state index contributed by atoms with van der Waals surface area (Å²) in [6, 6.07) is 6.88. The summed E-state index contributed by atoms with van der Waals surface area (Å²) in [5, 5.41) is 3.28. The zero-order valence-corrected chi connectivity index (χ0v) is 15.3. The van der Waals surface area contributed by atoms with Crippen LogP contribution in [-0.4, -0.2) is 75.0 Å². The maximum atomic E-state index is 13.9. The summed E-state index contributed by atoms with van der Waals surface area (Å²) in [7, 11) is 3.50. The monoisotopic (exact) mass is 349 g/mol. The Hall–Kier alpha value is -2.31. The van der Waals surface area contributed by atoms with Crippen LogP contribution in [0.2, 0.25) is 0 Å². The zero-order valence-electron chi connectivity index (χ0n) is 15.3. The summed E-state index contributed by atoms with van der Waals surface area (Å²) in [5.74, 6) is 0.713. The number of halogens is 1. The van der Waals surface area contributed by atoms with E-state index in [1.165, 1.54) is 6.07 Å². The van der Waals surface area contributed by atoms with Gasteiger partial charge in [-0.1, -0.05) is 12.1 Å². The Kier molecular flexibility index (Phi) is 7.03. The molecule has 1 aliphatic rings. The molecule has 0 aromatic heterocycles. The van der Waals surface area contributed by atoms with Crippen molar-refractivity contribution >= 4 is 17.6 Å². The van der Waals surface area contributed by atoms with Gasteiger partial charge in [0.1, 0.15) is 5.82 Å². The highest BCUT2D eigenvalue weighted by molar-refractivity contribution is 5.81. The van der Waals surface area contributed by atoms with Gasteiger partial charge in [0.15, 0.2) is 5.96 Å². The molecule has 1 aliphatic heterocycles. The van der Waals surface area contributed by atoms with E-state index in [1.54, 1.807) is 25.1 Å². The van der Waals surface area contributed by atoms with E-state index in [0.717, 1.165) is 38.7 Å². The molecule has 25 heavy (non-hydrogen) atoms. The minimum atomic E-state index is -0.182. The quantitative estimate of drug-likeness (QED) is 0.645. The van der Waals surface area contributed by atoms with Gasteiger partial charge in [-0.15, -0.1) is 0 Å². The molecule has 0 spiro atoms. The number of para-hydroxylation sites is 1. The minimum Gasteiger partial charge on any atom is -0.366 e. The van der Waals surface area contributed by atoms with Gasteiger partial charge in [-0.25, -0.2) is 4.39 Å². The van der Waals surface area contributed by atoms with E-state index in [2.05, 4.69) is 20.1 Å². The summed E-state index contributed by atoms with van der Waals surface area (Å²) in [5.41, 5.74) is 0.653. The molecule has 0 atom stereocenters. The minimum absolute atomic E-state index is 0.0731. The summed E-state index contributed by atoms with van der Waals surface area (Å²) < 4.78 is 13.9.